The summed E-state index contributed by atoms with van der Waals surface area (Å²) >= 11 is 0. The van der Waals surface area contributed by atoms with Crippen molar-refractivity contribution in [3.63, 3.8) is 0 Å². The van der Waals surface area contributed by atoms with Crippen LogP contribution in [-0.2, 0) is 34.6 Å². The van der Waals surface area contributed by atoms with E-state index in [1.807, 2.05) is 30.3 Å². The molecule has 2 unspecified atom stereocenters. The number of carboxylic acid groups (broad SMARTS) is 1. The van der Waals surface area contributed by atoms with E-state index in [2.05, 4.69) is 0 Å². The number of likely N-dealkylation sites (tertiary alicyclic amines) is 1. The molecule has 9 nitrogen and oxygen atoms in total. The quantitative estimate of drug-likeness (QED) is 0.131. The lowest BCUT2D eigenvalue weighted by atomic mass is 9.98. The zero-order valence-electron chi connectivity index (χ0n) is 23.1. The third kappa shape index (κ3) is 10.5. The molecule has 1 saturated heterocycles. The van der Waals surface area contributed by atoms with E-state index in [0.29, 0.717) is 51.6 Å². The average Bonchev–Trinajstić information content (AvgIpc) is 3.36. The number of aliphatic carboxylic acids is 1. The molecule has 0 aromatic heterocycles. The number of carbonyl (C=O) groups excluding carboxylic acids is 2. The normalized spacial score (nSPS) is 18.1. The Labute approximate surface area is 226 Å². The Hall–Kier alpha value is -2.22. The molecule has 38 heavy (non-hydrogen) atoms. The average molecular weight is 553 g/mol. The minimum Gasteiger partial charge on any atom is -0.480 e. The van der Waals surface area contributed by atoms with Crippen LogP contribution < -0.4 is 5.73 Å². The van der Waals surface area contributed by atoms with E-state index < -0.39 is 43.5 Å². The van der Waals surface area contributed by atoms with Gasteiger partial charge in [0.15, 0.2) is 6.79 Å². The maximum absolute atomic E-state index is 14.1. The Morgan fingerprint density at radius 2 is 1.84 bits per heavy atom. The van der Waals surface area contributed by atoms with Crippen molar-refractivity contribution in [1.82, 2.24) is 4.90 Å². The van der Waals surface area contributed by atoms with Gasteiger partial charge in [0.05, 0.1) is 5.41 Å². The van der Waals surface area contributed by atoms with Gasteiger partial charge < -0.3 is 20.5 Å². The van der Waals surface area contributed by atoms with Gasteiger partial charge in [0, 0.05) is 24.8 Å². The van der Waals surface area contributed by atoms with Crippen LogP contribution >= 0.6 is 7.37 Å². The van der Waals surface area contributed by atoms with Crippen molar-refractivity contribution in [1.29, 1.82) is 0 Å². The Bertz CT molecular complexity index is 948. The molecule has 3 N–H and O–H groups in total. The van der Waals surface area contributed by atoms with Crippen molar-refractivity contribution >= 4 is 25.2 Å². The third-order valence-corrected chi connectivity index (χ3v) is 9.39. The zero-order chi connectivity index (χ0) is 28.2. The third-order valence-electron chi connectivity index (χ3n) is 6.82. The van der Waals surface area contributed by atoms with Crippen molar-refractivity contribution < 1.29 is 33.3 Å². The number of carbonyl (C=O) groups is 3. The predicted octanol–water partition coefficient (Wildman–Crippen LogP) is 4.67. The first kappa shape index (κ1) is 32.0. The summed E-state index contributed by atoms with van der Waals surface area (Å²) in [7, 11) is -3.39. The van der Waals surface area contributed by atoms with Crippen molar-refractivity contribution in [2.24, 2.45) is 17.1 Å². The van der Waals surface area contributed by atoms with Crippen LogP contribution in [0.5, 0.6) is 0 Å². The fraction of sp³-hybridized carbons (Fsp3) is 0.679. The fourth-order valence-corrected chi connectivity index (χ4v) is 6.99. The van der Waals surface area contributed by atoms with Crippen LogP contribution in [-0.4, -0.2) is 66.1 Å². The van der Waals surface area contributed by atoms with Gasteiger partial charge in [-0.1, -0.05) is 36.8 Å². The Balaban J connectivity index is 2.15. The van der Waals surface area contributed by atoms with Crippen LogP contribution in [0.1, 0.15) is 71.3 Å². The minimum atomic E-state index is -3.39. The van der Waals surface area contributed by atoms with Gasteiger partial charge in [-0.05, 0) is 77.8 Å². The monoisotopic (exact) mass is 552 g/mol. The molecule has 1 aromatic carbocycles. The molecule has 0 bridgehead atoms. The predicted molar refractivity (Wildman–Crippen MR) is 147 cm³/mol. The second kappa shape index (κ2) is 15.4. The number of ether oxygens (including phenoxy) is 1. The maximum atomic E-state index is 14.1. The number of nitrogens with two attached hydrogens (primary N) is 1. The van der Waals surface area contributed by atoms with Gasteiger partial charge >= 0.3 is 11.9 Å². The van der Waals surface area contributed by atoms with Crippen LogP contribution in [0.4, 0.5) is 0 Å². The van der Waals surface area contributed by atoms with Crippen LogP contribution in [0, 0.1) is 11.3 Å². The van der Waals surface area contributed by atoms with E-state index in [1.165, 1.54) is 10.5 Å². The maximum Gasteiger partial charge on any atom is 0.326 e. The smallest absolute Gasteiger partial charge is 0.326 e. The molecule has 0 spiro atoms. The highest BCUT2D eigenvalue weighted by molar-refractivity contribution is 7.59. The highest BCUT2D eigenvalue weighted by atomic mass is 31.2. The van der Waals surface area contributed by atoms with E-state index in [9.17, 15) is 24.1 Å². The van der Waals surface area contributed by atoms with Crippen molar-refractivity contribution in [3.8, 4) is 0 Å². The van der Waals surface area contributed by atoms with E-state index in [1.54, 1.807) is 20.8 Å². The lowest BCUT2D eigenvalue weighted by molar-refractivity contribution is -0.159. The summed E-state index contributed by atoms with van der Waals surface area (Å²) < 4.78 is 25.1. The topological polar surface area (TPSA) is 136 Å². The molecule has 1 heterocycles. The largest absolute Gasteiger partial charge is 0.480 e. The van der Waals surface area contributed by atoms with Crippen molar-refractivity contribution in [2.75, 3.05) is 32.2 Å². The number of carboxylic acids is 1. The molecular weight excluding hydrogens is 507 g/mol. The number of aryl methyl sites for hydroxylation is 1. The minimum absolute atomic E-state index is 0.0162. The zero-order valence-corrected chi connectivity index (χ0v) is 24.0. The molecule has 0 aliphatic carbocycles. The van der Waals surface area contributed by atoms with Crippen LogP contribution in [0.25, 0.3) is 0 Å². The molecule has 214 valence electrons. The fourth-order valence-electron chi connectivity index (χ4n) is 4.61. The van der Waals surface area contributed by atoms with E-state index >= 15 is 0 Å². The Morgan fingerprint density at radius 1 is 1.13 bits per heavy atom. The molecule has 10 heteroatoms. The van der Waals surface area contributed by atoms with Gasteiger partial charge in [-0.3, -0.25) is 18.7 Å². The lowest BCUT2D eigenvalue weighted by Crippen LogP contribution is -2.44. The van der Waals surface area contributed by atoms with E-state index in [4.69, 9.17) is 15.0 Å². The van der Waals surface area contributed by atoms with Crippen LogP contribution in [0.2, 0.25) is 0 Å². The summed E-state index contributed by atoms with van der Waals surface area (Å²) in [6.45, 7) is 5.56. The molecule has 3 atom stereocenters. The Morgan fingerprint density at radius 3 is 2.47 bits per heavy atom. The molecule has 0 radical (unpaired) electrons. The second-order valence-electron chi connectivity index (χ2n) is 11.1. The first-order valence-corrected chi connectivity index (χ1v) is 15.6. The molecule has 1 aliphatic rings. The van der Waals surface area contributed by atoms with Gasteiger partial charge in [0.25, 0.3) is 0 Å². The second-order valence-corrected chi connectivity index (χ2v) is 13.8. The van der Waals surface area contributed by atoms with Crippen LogP contribution in [0.3, 0.4) is 0 Å². The van der Waals surface area contributed by atoms with Crippen molar-refractivity contribution in [2.45, 2.75) is 78.2 Å². The number of hydrogen-bond acceptors (Lipinski definition) is 7. The lowest BCUT2D eigenvalue weighted by Gasteiger charge is -2.29. The molecule has 1 amide bonds. The summed E-state index contributed by atoms with van der Waals surface area (Å²) in [6.07, 6.45) is 5.30. The highest BCUT2D eigenvalue weighted by Crippen LogP contribution is 2.50. The highest BCUT2D eigenvalue weighted by Gasteiger charge is 2.40. The Kier molecular flexibility index (Phi) is 13.0. The number of unbranched alkanes of at least 4 members (excludes halogenated alkanes) is 2. The summed E-state index contributed by atoms with van der Waals surface area (Å²) in [5.74, 6) is -2.44. The number of amides is 1. The molecule has 1 fully saturated rings. The summed E-state index contributed by atoms with van der Waals surface area (Å²) in [4.78, 5) is 38.9. The first-order chi connectivity index (χ1) is 18.0. The van der Waals surface area contributed by atoms with E-state index in [0.717, 1.165) is 12.8 Å². The number of esters is 1. The molecule has 1 aliphatic heterocycles. The number of hydrogen-bond donors (Lipinski definition) is 2. The van der Waals surface area contributed by atoms with Crippen LogP contribution in [0.15, 0.2) is 30.3 Å². The summed E-state index contributed by atoms with van der Waals surface area (Å²) in [5, 5.41) is 9.59. The van der Waals surface area contributed by atoms with Crippen molar-refractivity contribution in [3.05, 3.63) is 35.9 Å². The summed E-state index contributed by atoms with van der Waals surface area (Å²) in [5.41, 5.74) is 6.11. The number of benzene rings is 1. The van der Waals surface area contributed by atoms with Gasteiger partial charge in [0.1, 0.15) is 6.04 Å². The molecule has 0 saturated carbocycles. The number of nitrogens with zero attached hydrogens (tertiary/aromatic N) is 1. The first-order valence-electron chi connectivity index (χ1n) is 13.6. The SMILES string of the molecule is CC(C)(C)C(=O)OCOP(=O)(CCCCc1ccccc1)CC(CCCCN)C(=O)N1CCC[C@H]1C(=O)O. The molecular formula is C28H45N2O7P. The molecule has 1 aromatic rings. The molecule has 2 rings (SSSR count). The van der Waals surface area contributed by atoms with Gasteiger partial charge in [-0.2, -0.15) is 0 Å². The van der Waals surface area contributed by atoms with E-state index in [-0.39, 0.29) is 18.2 Å². The van der Waals surface area contributed by atoms with Gasteiger partial charge in [0.2, 0.25) is 13.3 Å². The standard InChI is InChI=1S/C28H45N2O7P/c1-28(2,3)27(34)36-21-37-38(35,19-10-8-14-22-12-5-4-6-13-22)20-23(15-7-9-17-29)25(31)30-18-11-16-24(30)26(32)33/h4-6,12-13,23-24H,7-11,14-21,29H2,1-3H3,(H,32,33)/t23?,24-,38?/m0/s1. The van der Waals surface area contributed by atoms with Gasteiger partial charge in [-0.25, -0.2) is 4.79 Å². The number of rotatable bonds is 16. The summed E-state index contributed by atoms with van der Waals surface area (Å²) in [6, 6.07) is 9.15. The van der Waals surface area contributed by atoms with Gasteiger partial charge in [-0.15, -0.1) is 0 Å².